The van der Waals surface area contributed by atoms with Gasteiger partial charge in [-0.05, 0) is 12.8 Å². The molecule has 1 fully saturated rings. The molecule has 1 N–H and O–H groups in total. The van der Waals surface area contributed by atoms with E-state index in [-0.39, 0.29) is 18.4 Å². The molecule has 1 saturated carbocycles. The van der Waals surface area contributed by atoms with Crippen molar-refractivity contribution >= 4 is 10.0 Å². The zero-order valence-corrected chi connectivity index (χ0v) is 9.75. The van der Waals surface area contributed by atoms with Gasteiger partial charge in [0, 0.05) is 13.1 Å². The van der Waals surface area contributed by atoms with Crippen molar-refractivity contribution in [2.45, 2.75) is 30.9 Å². The minimum atomic E-state index is -3.22. The highest BCUT2D eigenvalue weighted by Gasteiger charge is 2.33. The Kier molecular flexibility index (Phi) is 4.76. The number of hydrogen-bond acceptors (Lipinski definition) is 3. The van der Waals surface area contributed by atoms with Gasteiger partial charge in [-0.25, -0.2) is 8.42 Å². The summed E-state index contributed by atoms with van der Waals surface area (Å²) in [5, 5.41) is 8.58. The molecule has 0 heterocycles. The maximum Gasteiger partial charge on any atom is 0.217 e. The monoisotopic (exact) mass is 233 g/mol. The molecule has 0 bridgehead atoms. The predicted molar refractivity (Wildman–Crippen MR) is 60.0 cm³/mol. The van der Waals surface area contributed by atoms with E-state index >= 15 is 0 Å². The van der Waals surface area contributed by atoms with Gasteiger partial charge in [0.2, 0.25) is 10.0 Å². The van der Waals surface area contributed by atoms with Gasteiger partial charge in [-0.15, -0.1) is 6.58 Å². The van der Waals surface area contributed by atoms with E-state index in [9.17, 15) is 8.42 Å². The molecule has 4 nitrogen and oxygen atoms in total. The molecule has 0 aliphatic heterocycles. The average molecular weight is 233 g/mol. The third-order valence-electron chi connectivity index (χ3n) is 2.77. The van der Waals surface area contributed by atoms with Crippen LogP contribution in [-0.4, -0.2) is 42.8 Å². The molecule has 0 atom stereocenters. The molecule has 0 unspecified atom stereocenters. The fourth-order valence-corrected chi connectivity index (χ4v) is 3.97. The Balaban J connectivity index is 2.74. The molecule has 0 radical (unpaired) electrons. The summed E-state index contributed by atoms with van der Waals surface area (Å²) in [7, 11) is -3.22. The summed E-state index contributed by atoms with van der Waals surface area (Å²) >= 11 is 0. The molecule has 1 aliphatic rings. The SMILES string of the molecule is C=CCN(CCO)S(=O)(=O)C1CCCC1. The van der Waals surface area contributed by atoms with Gasteiger partial charge in [-0.1, -0.05) is 18.9 Å². The molecule has 0 aromatic rings. The van der Waals surface area contributed by atoms with Crippen LogP contribution in [0.15, 0.2) is 12.7 Å². The van der Waals surface area contributed by atoms with Crippen LogP contribution in [0.5, 0.6) is 0 Å². The van der Waals surface area contributed by atoms with Crippen LogP contribution >= 0.6 is 0 Å². The van der Waals surface area contributed by atoms with E-state index < -0.39 is 10.0 Å². The van der Waals surface area contributed by atoms with Gasteiger partial charge in [0.05, 0.1) is 11.9 Å². The lowest BCUT2D eigenvalue weighted by atomic mass is 10.4. The number of nitrogens with zero attached hydrogens (tertiary/aromatic N) is 1. The highest BCUT2D eigenvalue weighted by Crippen LogP contribution is 2.26. The Bertz CT molecular complexity index is 294. The first-order valence-corrected chi connectivity index (χ1v) is 6.84. The van der Waals surface area contributed by atoms with Gasteiger partial charge >= 0.3 is 0 Å². The van der Waals surface area contributed by atoms with Crippen LogP contribution in [-0.2, 0) is 10.0 Å². The molecule has 0 spiro atoms. The van der Waals surface area contributed by atoms with E-state index in [1.165, 1.54) is 4.31 Å². The summed E-state index contributed by atoms with van der Waals surface area (Å²) in [6.07, 6.45) is 5.04. The molecule has 0 aromatic heterocycles. The maximum absolute atomic E-state index is 12.1. The van der Waals surface area contributed by atoms with Crippen molar-refractivity contribution in [3.05, 3.63) is 12.7 Å². The van der Waals surface area contributed by atoms with E-state index in [0.29, 0.717) is 6.54 Å². The topological polar surface area (TPSA) is 57.6 Å². The second-order valence-electron chi connectivity index (χ2n) is 3.82. The summed E-state index contributed by atoms with van der Waals surface area (Å²) in [5.74, 6) is 0. The summed E-state index contributed by atoms with van der Waals surface area (Å²) < 4.78 is 25.5. The molecule has 0 aromatic carbocycles. The van der Waals surface area contributed by atoms with E-state index in [1.807, 2.05) is 0 Å². The zero-order valence-electron chi connectivity index (χ0n) is 8.93. The second kappa shape index (κ2) is 5.63. The average Bonchev–Trinajstić information content (AvgIpc) is 2.70. The molecule has 1 rings (SSSR count). The third-order valence-corrected chi connectivity index (χ3v) is 5.13. The summed E-state index contributed by atoms with van der Waals surface area (Å²) in [4.78, 5) is 0. The molecule has 0 amide bonds. The van der Waals surface area contributed by atoms with Gasteiger partial charge in [0.1, 0.15) is 0 Å². The lowest BCUT2D eigenvalue weighted by molar-refractivity contribution is 0.259. The van der Waals surface area contributed by atoms with Crippen molar-refractivity contribution in [2.24, 2.45) is 0 Å². The van der Waals surface area contributed by atoms with Crippen LogP contribution < -0.4 is 0 Å². The normalized spacial score (nSPS) is 18.5. The first kappa shape index (κ1) is 12.7. The van der Waals surface area contributed by atoms with Crippen LogP contribution in [0.25, 0.3) is 0 Å². The largest absolute Gasteiger partial charge is 0.395 e. The summed E-state index contributed by atoms with van der Waals surface area (Å²) in [6, 6.07) is 0. The van der Waals surface area contributed by atoms with Crippen molar-refractivity contribution in [1.29, 1.82) is 0 Å². The van der Waals surface area contributed by atoms with Crippen molar-refractivity contribution in [2.75, 3.05) is 19.7 Å². The number of aliphatic hydroxyl groups is 1. The Hall–Kier alpha value is -0.390. The minimum absolute atomic E-state index is 0.139. The number of rotatable bonds is 6. The molecule has 5 heteroatoms. The van der Waals surface area contributed by atoms with Crippen molar-refractivity contribution < 1.29 is 13.5 Å². The smallest absolute Gasteiger partial charge is 0.217 e. The number of aliphatic hydroxyl groups excluding tert-OH is 1. The number of hydrogen-bond donors (Lipinski definition) is 1. The quantitative estimate of drug-likeness (QED) is 0.688. The summed E-state index contributed by atoms with van der Waals surface area (Å²) in [6.45, 7) is 3.86. The van der Waals surface area contributed by atoms with E-state index in [4.69, 9.17) is 5.11 Å². The lowest BCUT2D eigenvalue weighted by Crippen LogP contribution is -2.39. The molecular formula is C10H19NO3S. The third kappa shape index (κ3) is 3.03. The van der Waals surface area contributed by atoms with Gasteiger partial charge in [0.15, 0.2) is 0 Å². The highest BCUT2D eigenvalue weighted by molar-refractivity contribution is 7.89. The molecule has 88 valence electrons. The fourth-order valence-electron chi connectivity index (χ4n) is 1.97. The molecule has 1 aliphatic carbocycles. The van der Waals surface area contributed by atoms with E-state index in [1.54, 1.807) is 6.08 Å². The Morgan fingerprint density at radius 2 is 2.00 bits per heavy atom. The fraction of sp³-hybridized carbons (Fsp3) is 0.800. The summed E-state index contributed by atoms with van der Waals surface area (Å²) in [5.41, 5.74) is 0. The maximum atomic E-state index is 12.1. The minimum Gasteiger partial charge on any atom is -0.395 e. The van der Waals surface area contributed by atoms with Gasteiger partial charge in [0.25, 0.3) is 0 Å². The first-order valence-electron chi connectivity index (χ1n) is 5.33. The van der Waals surface area contributed by atoms with Crippen molar-refractivity contribution in [3.8, 4) is 0 Å². The Morgan fingerprint density at radius 1 is 1.40 bits per heavy atom. The first-order chi connectivity index (χ1) is 7.12. The molecule has 15 heavy (non-hydrogen) atoms. The van der Waals surface area contributed by atoms with Gasteiger partial charge in [-0.2, -0.15) is 4.31 Å². The van der Waals surface area contributed by atoms with Crippen LogP contribution in [0.3, 0.4) is 0 Å². The standard InChI is InChI=1S/C10H19NO3S/c1-2-7-11(8-9-12)15(13,14)10-5-3-4-6-10/h2,10,12H,1,3-9H2. The van der Waals surface area contributed by atoms with Gasteiger partial charge in [-0.3, -0.25) is 0 Å². The van der Waals surface area contributed by atoms with E-state index in [0.717, 1.165) is 25.7 Å². The second-order valence-corrected chi connectivity index (χ2v) is 6.03. The Labute approximate surface area is 91.6 Å². The van der Waals surface area contributed by atoms with Gasteiger partial charge < -0.3 is 5.11 Å². The van der Waals surface area contributed by atoms with Crippen LogP contribution in [0.4, 0.5) is 0 Å². The van der Waals surface area contributed by atoms with Crippen molar-refractivity contribution in [1.82, 2.24) is 4.31 Å². The molecular weight excluding hydrogens is 214 g/mol. The highest BCUT2D eigenvalue weighted by atomic mass is 32.2. The Morgan fingerprint density at radius 3 is 2.47 bits per heavy atom. The van der Waals surface area contributed by atoms with Crippen molar-refractivity contribution in [3.63, 3.8) is 0 Å². The zero-order chi connectivity index (χ0) is 11.3. The van der Waals surface area contributed by atoms with Crippen LogP contribution in [0.2, 0.25) is 0 Å². The van der Waals surface area contributed by atoms with Crippen LogP contribution in [0.1, 0.15) is 25.7 Å². The van der Waals surface area contributed by atoms with Crippen LogP contribution in [0, 0.1) is 0 Å². The van der Waals surface area contributed by atoms with E-state index in [2.05, 4.69) is 6.58 Å². The molecule has 0 saturated heterocycles. The predicted octanol–water partition coefficient (Wildman–Crippen LogP) is 0.739. The lowest BCUT2D eigenvalue weighted by Gasteiger charge is -2.23. The number of sulfonamides is 1.